The summed E-state index contributed by atoms with van der Waals surface area (Å²) >= 11 is 0. The Morgan fingerprint density at radius 3 is 2.62 bits per heavy atom. The first kappa shape index (κ1) is 35.3. The number of carbonyl (C=O) groups excluding carboxylic acids is 2. The number of piperidine rings is 1. The number of halogens is 3. The molecule has 11 nitrogen and oxygen atoms in total. The van der Waals surface area contributed by atoms with Crippen molar-refractivity contribution >= 4 is 23.6 Å². The summed E-state index contributed by atoms with van der Waals surface area (Å²) < 4.78 is 61.0. The molecule has 1 unspecified atom stereocenters. The highest BCUT2D eigenvalue weighted by atomic mass is 19.4. The van der Waals surface area contributed by atoms with Gasteiger partial charge in [0, 0.05) is 39.4 Å². The molecule has 0 bridgehead atoms. The molecule has 14 heteroatoms. The average molecular weight is 661 g/mol. The molecule has 2 aromatic carbocycles. The number of nitriles is 1. The van der Waals surface area contributed by atoms with E-state index in [4.69, 9.17) is 14.2 Å². The highest BCUT2D eigenvalue weighted by molar-refractivity contribution is 6.05. The number of ether oxygens (including phenoxy) is 3. The van der Waals surface area contributed by atoms with Crippen LogP contribution in [0.25, 0.3) is 0 Å². The lowest BCUT2D eigenvalue weighted by molar-refractivity contribution is -0.139. The maximum atomic E-state index is 14.7. The Morgan fingerprint density at radius 1 is 1.23 bits per heavy atom. The summed E-state index contributed by atoms with van der Waals surface area (Å²) in [6.07, 6.45) is -4.28. The summed E-state index contributed by atoms with van der Waals surface area (Å²) in [6, 6.07) is 8.81. The van der Waals surface area contributed by atoms with Crippen molar-refractivity contribution in [2.75, 3.05) is 44.9 Å². The van der Waals surface area contributed by atoms with Gasteiger partial charge < -0.3 is 34.0 Å². The van der Waals surface area contributed by atoms with Crippen LogP contribution in [-0.2, 0) is 15.7 Å². The molecule has 0 aliphatic carbocycles. The van der Waals surface area contributed by atoms with E-state index < -0.39 is 52.9 Å². The molecule has 1 saturated heterocycles. The van der Waals surface area contributed by atoms with E-state index >= 15 is 0 Å². The van der Waals surface area contributed by atoms with Gasteiger partial charge in [0.15, 0.2) is 0 Å². The number of benzene rings is 2. The van der Waals surface area contributed by atoms with Crippen LogP contribution in [0, 0.1) is 11.3 Å². The summed E-state index contributed by atoms with van der Waals surface area (Å²) in [4.78, 5) is 43.6. The zero-order valence-corrected chi connectivity index (χ0v) is 26.8. The van der Waals surface area contributed by atoms with Gasteiger partial charge >= 0.3 is 12.3 Å². The Balaban J connectivity index is 1.77. The minimum Gasteiger partial charge on any atom is -0.489 e. The molecule has 0 spiro atoms. The van der Waals surface area contributed by atoms with Crippen LogP contribution in [0.5, 0.6) is 11.5 Å². The molecule has 2 atom stereocenters. The molecule has 1 N–H and O–H groups in total. The van der Waals surface area contributed by atoms with Crippen LogP contribution in [0.2, 0.25) is 0 Å². The molecule has 254 valence electrons. The molecule has 2 aliphatic rings. The number of carboxylic acid groups (broad SMARTS) is 1. The first-order valence-electron chi connectivity index (χ1n) is 15.4. The highest BCUT2D eigenvalue weighted by Crippen LogP contribution is 2.45. The number of hydrogen-bond donors (Lipinski definition) is 1. The number of fused-ring (bicyclic) bond motifs is 1. The van der Waals surface area contributed by atoms with E-state index in [0.29, 0.717) is 37.9 Å². The minimum absolute atomic E-state index is 0.00670. The second-order valence-corrected chi connectivity index (χ2v) is 12.1. The molecule has 4 rings (SSSR count). The Hall–Kier alpha value is -4.51. The van der Waals surface area contributed by atoms with Crippen LogP contribution in [0.1, 0.15) is 67.9 Å². The number of hydrogen-bond acceptors (Lipinski definition) is 7. The molecule has 1 fully saturated rings. The smallest absolute Gasteiger partial charge is 0.417 e. The number of rotatable bonds is 11. The predicted octanol–water partition coefficient (Wildman–Crippen LogP) is 5.56. The standard InChI is InChI=1S/C33H39F3N4O7/c1-21(2)40(23-10-8-12-38(19-23)31(43)44)29(41)25-16-27-28(17-26(25)33(34,35)36)47-32(3,30(42)39(27)13-5-6-14-45-4)20-46-24-11-7-9-22(15-24)18-37/h7,9,11,15-17,21,23H,5-6,8,10,12-14,19-20H2,1-4H3,(H,43,44)/t23-,32?/m1/s1. The molecule has 0 aromatic heterocycles. The third-order valence-corrected chi connectivity index (χ3v) is 8.27. The molecule has 2 aliphatic heterocycles. The van der Waals surface area contributed by atoms with Crippen molar-refractivity contribution in [2.45, 2.75) is 70.3 Å². The van der Waals surface area contributed by atoms with E-state index in [0.717, 1.165) is 17.0 Å². The number of carbonyl (C=O) groups is 3. The van der Waals surface area contributed by atoms with Gasteiger partial charge in [-0.15, -0.1) is 0 Å². The van der Waals surface area contributed by atoms with E-state index in [1.807, 2.05) is 6.07 Å². The van der Waals surface area contributed by atoms with Gasteiger partial charge in [0.1, 0.15) is 18.1 Å². The number of unbranched alkanes of at least 4 members (excludes halogenated alkanes) is 1. The zero-order chi connectivity index (χ0) is 34.5. The van der Waals surface area contributed by atoms with E-state index in [2.05, 4.69) is 0 Å². The third-order valence-electron chi connectivity index (χ3n) is 8.27. The number of methoxy groups -OCH3 is 1. The average Bonchev–Trinajstić information content (AvgIpc) is 3.03. The van der Waals surface area contributed by atoms with Crippen molar-refractivity contribution in [3.8, 4) is 17.6 Å². The van der Waals surface area contributed by atoms with Crippen LogP contribution >= 0.6 is 0 Å². The molecule has 2 aromatic rings. The van der Waals surface area contributed by atoms with Gasteiger partial charge in [-0.25, -0.2) is 4.79 Å². The Bertz CT molecular complexity index is 1530. The third kappa shape index (κ3) is 7.90. The zero-order valence-electron chi connectivity index (χ0n) is 26.8. The number of anilines is 1. The molecule has 3 amide bonds. The van der Waals surface area contributed by atoms with E-state index in [1.54, 1.807) is 32.0 Å². The number of likely N-dealkylation sites (tertiary alicyclic amines) is 1. The van der Waals surface area contributed by atoms with Crippen LogP contribution in [0.4, 0.5) is 23.7 Å². The van der Waals surface area contributed by atoms with Gasteiger partial charge in [-0.1, -0.05) is 6.07 Å². The first-order chi connectivity index (χ1) is 22.2. The Morgan fingerprint density at radius 2 is 1.98 bits per heavy atom. The first-order valence-corrected chi connectivity index (χ1v) is 15.4. The normalized spacial score (nSPS) is 19.6. The van der Waals surface area contributed by atoms with Crippen LogP contribution in [-0.4, -0.2) is 90.5 Å². The maximum Gasteiger partial charge on any atom is 0.417 e. The van der Waals surface area contributed by atoms with Gasteiger partial charge in [0.05, 0.1) is 34.5 Å². The summed E-state index contributed by atoms with van der Waals surface area (Å²) in [7, 11) is 1.53. The van der Waals surface area contributed by atoms with Gasteiger partial charge in [0.25, 0.3) is 11.8 Å². The van der Waals surface area contributed by atoms with Crippen LogP contribution < -0.4 is 14.4 Å². The van der Waals surface area contributed by atoms with Crippen LogP contribution in [0.3, 0.4) is 0 Å². The van der Waals surface area contributed by atoms with E-state index in [1.165, 1.54) is 29.9 Å². The highest BCUT2D eigenvalue weighted by Gasteiger charge is 2.48. The summed E-state index contributed by atoms with van der Waals surface area (Å²) in [6.45, 7) is 5.09. The number of amides is 3. The monoisotopic (exact) mass is 660 g/mol. The van der Waals surface area contributed by atoms with Gasteiger partial charge in [-0.3, -0.25) is 9.59 Å². The SMILES string of the molecule is COCCCCN1C(=O)C(C)(COc2cccc(C#N)c2)Oc2cc(C(F)(F)F)c(C(=O)N(C(C)C)[C@@H]3CCCN(C(=O)O)C3)cc21. The van der Waals surface area contributed by atoms with Gasteiger partial charge in [0.2, 0.25) is 5.60 Å². The van der Waals surface area contributed by atoms with Crippen LogP contribution in [0.15, 0.2) is 36.4 Å². The molecule has 0 radical (unpaired) electrons. The van der Waals surface area contributed by atoms with Gasteiger partial charge in [-0.2, -0.15) is 18.4 Å². The van der Waals surface area contributed by atoms with Crippen molar-refractivity contribution in [1.82, 2.24) is 9.80 Å². The lowest BCUT2D eigenvalue weighted by Crippen LogP contribution is -2.58. The molecular weight excluding hydrogens is 621 g/mol. The summed E-state index contributed by atoms with van der Waals surface area (Å²) in [5.74, 6) is -1.48. The summed E-state index contributed by atoms with van der Waals surface area (Å²) in [5, 5.41) is 18.8. The fourth-order valence-electron chi connectivity index (χ4n) is 5.98. The van der Waals surface area contributed by atoms with Crippen molar-refractivity contribution in [3.63, 3.8) is 0 Å². The van der Waals surface area contributed by atoms with Crippen molar-refractivity contribution < 1.29 is 46.9 Å². The summed E-state index contributed by atoms with van der Waals surface area (Å²) in [5.41, 5.74) is -3.33. The lowest BCUT2D eigenvalue weighted by atomic mass is 9.96. The number of alkyl halides is 3. The number of nitrogens with zero attached hydrogens (tertiary/aromatic N) is 4. The lowest BCUT2D eigenvalue weighted by Gasteiger charge is -2.42. The largest absolute Gasteiger partial charge is 0.489 e. The second-order valence-electron chi connectivity index (χ2n) is 12.1. The molecule has 0 saturated carbocycles. The van der Waals surface area contributed by atoms with Crippen molar-refractivity contribution in [3.05, 3.63) is 53.1 Å². The quantitative estimate of drug-likeness (QED) is 0.310. The maximum absolute atomic E-state index is 14.7. The van der Waals surface area contributed by atoms with Crippen molar-refractivity contribution in [2.24, 2.45) is 0 Å². The Kier molecular flexibility index (Phi) is 10.9. The fourth-order valence-corrected chi connectivity index (χ4v) is 5.98. The predicted molar refractivity (Wildman–Crippen MR) is 165 cm³/mol. The fraction of sp³-hybridized carbons (Fsp3) is 0.515. The minimum atomic E-state index is -4.97. The molecular formula is C33H39F3N4O7. The Labute approximate surface area is 271 Å². The topological polar surface area (TPSA) is 133 Å². The van der Waals surface area contributed by atoms with E-state index in [9.17, 15) is 37.9 Å². The molecule has 47 heavy (non-hydrogen) atoms. The molecule has 2 heterocycles. The second kappa shape index (κ2) is 14.5. The van der Waals surface area contributed by atoms with Gasteiger partial charge in [-0.05, 0) is 76.8 Å². The van der Waals surface area contributed by atoms with Crippen molar-refractivity contribution in [1.29, 1.82) is 5.26 Å². The van der Waals surface area contributed by atoms with E-state index in [-0.39, 0.29) is 43.4 Å².